The highest BCUT2D eigenvalue weighted by molar-refractivity contribution is 5.95. The second-order valence-electron chi connectivity index (χ2n) is 2.07. The maximum absolute atomic E-state index is 10.3. The summed E-state index contributed by atoms with van der Waals surface area (Å²) in [5.74, 6) is -2.51. The van der Waals surface area contributed by atoms with Crippen LogP contribution in [0.4, 0.5) is 0 Å². The lowest BCUT2D eigenvalue weighted by molar-refractivity contribution is -0.135. The summed E-state index contributed by atoms with van der Waals surface area (Å²) in [4.78, 5) is 20.4. The fourth-order valence-corrected chi connectivity index (χ4v) is 0.653. The summed E-state index contributed by atoms with van der Waals surface area (Å²) in [6, 6.07) is 0. The van der Waals surface area contributed by atoms with E-state index in [4.69, 9.17) is 10.2 Å². The molecule has 1 heterocycles. The Balaban J connectivity index is 2.73. The number of rotatable bonds is 3. The minimum absolute atomic E-state index is 0.197. The number of hydrogen-bond donors (Lipinski definition) is 2. The van der Waals surface area contributed by atoms with E-state index in [1.54, 1.807) is 0 Å². The second-order valence-corrected chi connectivity index (χ2v) is 2.07. The SMILES string of the molecule is O=C(O)/C=C(/C(=O)O)[C@@H]1CO1. The van der Waals surface area contributed by atoms with Crippen LogP contribution in [0.5, 0.6) is 0 Å². The predicted octanol–water partition coefficient (Wildman–Crippen LogP) is -0.519. The van der Waals surface area contributed by atoms with E-state index < -0.39 is 18.0 Å². The van der Waals surface area contributed by atoms with Crippen molar-refractivity contribution in [3.8, 4) is 0 Å². The first-order valence-corrected chi connectivity index (χ1v) is 2.90. The van der Waals surface area contributed by atoms with E-state index in [-0.39, 0.29) is 5.57 Å². The topological polar surface area (TPSA) is 87.1 Å². The largest absolute Gasteiger partial charge is 0.478 e. The molecule has 0 aromatic rings. The molecule has 1 fully saturated rings. The second kappa shape index (κ2) is 2.71. The maximum atomic E-state index is 10.3. The molecule has 5 heteroatoms. The Labute approximate surface area is 61.9 Å². The minimum Gasteiger partial charge on any atom is -0.478 e. The summed E-state index contributed by atoms with van der Waals surface area (Å²) < 4.78 is 4.62. The van der Waals surface area contributed by atoms with Gasteiger partial charge in [0.05, 0.1) is 12.2 Å². The quantitative estimate of drug-likeness (QED) is 0.426. The normalized spacial score (nSPS) is 22.9. The molecule has 0 saturated carbocycles. The molecule has 0 aromatic heterocycles. The van der Waals surface area contributed by atoms with Crippen molar-refractivity contribution in [3.05, 3.63) is 11.6 Å². The highest BCUT2D eigenvalue weighted by Crippen LogP contribution is 2.19. The molecule has 0 spiro atoms. The van der Waals surface area contributed by atoms with Crippen molar-refractivity contribution >= 4 is 11.9 Å². The number of aliphatic carboxylic acids is 2. The first-order valence-electron chi connectivity index (χ1n) is 2.90. The fourth-order valence-electron chi connectivity index (χ4n) is 0.653. The van der Waals surface area contributed by atoms with Crippen molar-refractivity contribution in [2.24, 2.45) is 0 Å². The van der Waals surface area contributed by atoms with Crippen molar-refractivity contribution < 1.29 is 24.5 Å². The number of carboxylic acid groups (broad SMARTS) is 2. The Kier molecular flexibility index (Phi) is 1.91. The van der Waals surface area contributed by atoms with Crippen LogP contribution in [0, 0.1) is 0 Å². The van der Waals surface area contributed by atoms with E-state index in [0.29, 0.717) is 12.7 Å². The van der Waals surface area contributed by atoms with Gasteiger partial charge in [-0.05, 0) is 0 Å². The van der Waals surface area contributed by atoms with Gasteiger partial charge >= 0.3 is 11.9 Å². The summed E-state index contributed by atoms with van der Waals surface area (Å²) in [6.45, 7) is 0.297. The minimum atomic E-state index is -1.27. The number of carbonyl (C=O) groups is 2. The molecule has 2 N–H and O–H groups in total. The van der Waals surface area contributed by atoms with Crippen molar-refractivity contribution in [2.45, 2.75) is 6.10 Å². The fraction of sp³-hybridized carbons (Fsp3) is 0.333. The molecule has 1 aliphatic heterocycles. The summed E-state index contributed by atoms with van der Waals surface area (Å²) in [7, 11) is 0. The average molecular weight is 158 g/mol. The Morgan fingerprint density at radius 3 is 2.27 bits per heavy atom. The smallest absolute Gasteiger partial charge is 0.334 e. The van der Waals surface area contributed by atoms with Gasteiger partial charge in [-0.3, -0.25) is 0 Å². The van der Waals surface area contributed by atoms with Crippen molar-refractivity contribution in [3.63, 3.8) is 0 Å². The highest BCUT2D eigenvalue weighted by Gasteiger charge is 2.32. The first-order chi connectivity index (χ1) is 5.11. The third-order valence-corrected chi connectivity index (χ3v) is 1.21. The molecule has 0 unspecified atom stereocenters. The average Bonchev–Trinajstić information content (AvgIpc) is 2.63. The third-order valence-electron chi connectivity index (χ3n) is 1.21. The molecule has 1 aliphatic rings. The van der Waals surface area contributed by atoms with Gasteiger partial charge in [-0.15, -0.1) is 0 Å². The predicted molar refractivity (Wildman–Crippen MR) is 33.1 cm³/mol. The zero-order valence-corrected chi connectivity index (χ0v) is 5.48. The number of carboxylic acids is 2. The molecule has 0 bridgehead atoms. The van der Waals surface area contributed by atoms with Gasteiger partial charge in [0, 0.05) is 6.08 Å². The van der Waals surface area contributed by atoms with E-state index in [0.717, 1.165) is 0 Å². The molecule has 1 rings (SSSR count). The maximum Gasteiger partial charge on any atom is 0.334 e. The van der Waals surface area contributed by atoms with Gasteiger partial charge in [0.2, 0.25) is 0 Å². The molecule has 0 radical (unpaired) electrons. The number of hydrogen-bond acceptors (Lipinski definition) is 3. The van der Waals surface area contributed by atoms with Crippen LogP contribution < -0.4 is 0 Å². The van der Waals surface area contributed by atoms with Crippen LogP contribution in [0.1, 0.15) is 0 Å². The number of epoxide rings is 1. The van der Waals surface area contributed by atoms with Gasteiger partial charge in [0.15, 0.2) is 0 Å². The van der Waals surface area contributed by atoms with Crippen molar-refractivity contribution in [1.29, 1.82) is 0 Å². The molecule has 0 aromatic carbocycles. The standard InChI is InChI=1S/C6H6O5/c7-5(8)1-3(6(9)10)4-2-11-4/h1,4H,2H2,(H,7,8)(H,9,10)/b3-1+/t4-/m0/s1. The van der Waals surface area contributed by atoms with E-state index in [1.165, 1.54) is 0 Å². The molecular formula is C6H6O5. The zero-order chi connectivity index (χ0) is 8.43. The van der Waals surface area contributed by atoms with E-state index in [9.17, 15) is 9.59 Å². The molecular weight excluding hydrogens is 152 g/mol. The summed E-state index contributed by atoms with van der Waals surface area (Å²) in [5.41, 5.74) is -0.197. The summed E-state index contributed by atoms with van der Waals surface area (Å²) in [5, 5.41) is 16.6. The molecule has 1 saturated heterocycles. The molecule has 1 atom stereocenters. The lowest BCUT2D eigenvalue weighted by Crippen LogP contribution is -2.09. The van der Waals surface area contributed by atoms with Gasteiger partial charge in [-0.25, -0.2) is 9.59 Å². The highest BCUT2D eigenvalue weighted by atomic mass is 16.6. The van der Waals surface area contributed by atoms with E-state index in [1.807, 2.05) is 0 Å². The summed E-state index contributed by atoms with van der Waals surface area (Å²) in [6.07, 6.45) is 0.128. The Morgan fingerprint density at radius 2 is 2.00 bits per heavy atom. The lowest BCUT2D eigenvalue weighted by atomic mass is 10.2. The van der Waals surface area contributed by atoms with Crippen LogP contribution in [0.25, 0.3) is 0 Å². The van der Waals surface area contributed by atoms with Crippen LogP contribution in [-0.4, -0.2) is 34.9 Å². The first kappa shape index (κ1) is 7.74. The molecule has 60 valence electrons. The van der Waals surface area contributed by atoms with Crippen LogP contribution in [0.3, 0.4) is 0 Å². The lowest BCUT2D eigenvalue weighted by Gasteiger charge is -1.92. The van der Waals surface area contributed by atoms with Crippen LogP contribution in [0.2, 0.25) is 0 Å². The van der Waals surface area contributed by atoms with Crippen molar-refractivity contribution in [1.82, 2.24) is 0 Å². The Bertz CT molecular complexity index is 225. The van der Waals surface area contributed by atoms with Gasteiger partial charge < -0.3 is 14.9 Å². The van der Waals surface area contributed by atoms with Crippen LogP contribution >= 0.6 is 0 Å². The van der Waals surface area contributed by atoms with E-state index >= 15 is 0 Å². The third kappa shape index (κ3) is 2.05. The van der Waals surface area contributed by atoms with E-state index in [2.05, 4.69) is 4.74 Å². The molecule has 0 amide bonds. The van der Waals surface area contributed by atoms with Crippen LogP contribution in [0.15, 0.2) is 11.6 Å². The number of ether oxygens (including phenoxy) is 1. The monoisotopic (exact) mass is 158 g/mol. The Hall–Kier alpha value is -1.36. The molecule has 0 aliphatic carbocycles. The van der Waals surface area contributed by atoms with Gasteiger partial charge in [0.25, 0.3) is 0 Å². The molecule has 11 heavy (non-hydrogen) atoms. The molecule has 5 nitrogen and oxygen atoms in total. The van der Waals surface area contributed by atoms with Gasteiger partial charge in [-0.2, -0.15) is 0 Å². The van der Waals surface area contributed by atoms with Crippen LogP contribution in [-0.2, 0) is 14.3 Å². The van der Waals surface area contributed by atoms with Gasteiger partial charge in [0.1, 0.15) is 6.10 Å². The Morgan fingerprint density at radius 1 is 1.45 bits per heavy atom. The van der Waals surface area contributed by atoms with Gasteiger partial charge in [-0.1, -0.05) is 0 Å². The summed E-state index contributed by atoms with van der Waals surface area (Å²) >= 11 is 0. The van der Waals surface area contributed by atoms with Crippen molar-refractivity contribution in [2.75, 3.05) is 6.61 Å². The zero-order valence-electron chi connectivity index (χ0n) is 5.48.